The van der Waals surface area contributed by atoms with Crippen LogP contribution < -0.4 is 10.6 Å². The maximum atomic E-state index is 12.7. The summed E-state index contributed by atoms with van der Waals surface area (Å²) in [5.41, 5.74) is 2.01. The number of anilines is 2. The van der Waals surface area contributed by atoms with E-state index in [1.165, 1.54) is 31.0 Å². The fraction of sp³-hybridized carbons (Fsp3) is 0.333. The van der Waals surface area contributed by atoms with Gasteiger partial charge >= 0.3 is 0 Å². The van der Waals surface area contributed by atoms with Crippen LogP contribution in [0.2, 0.25) is 0 Å². The molecule has 0 spiro atoms. The first-order chi connectivity index (χ1) is 13.6. The van der Waals surface area contributed by atoms with Crippen LogP contribution in [0.1, 0.15) is 36.5 Å². The Labute approximate surface area is 173 Å². The van der Waals surface area contributed by atoms with Crippen molar-refractivity contribution in [1.82, 2.24) is 4.31 Å². The van der Waals surface area contributed by atoms with Gasteiger partial charge in [0.25, 0.3) is 5.91 Å². The van der Waals surface area contributed by atoms with Gasteiger partial charge in [-0.3, -0.25) is 9.59 Å². The molecule has 0 aliphatic carbocycles. The van der Waals surface area contributed by atoms with E-state index >= 15 is 0 Å². The van der Waals surface area contributed by atoms with E-state index in [9.17, 15) is 9.59 Å². The second-order valence-corrected chi connectivity index (χ2v) is 9.58. The van der Waals surface area contributed by atoms with Gasteiger partial charge in [0.2, 0.25) is 5.91 Å². The molecule has 1 atom stereocenters. The fourth-order valence-corrected chi connectivity index (χ4v) is 5.28. The van der Waals surface area contributed by atoms with Crippen molar-refractivity contribution in [3.8, 4) is 0 Å². The number of carbonyl (C=O) groups is 2. The summed E-state index contributed by atoms with van der Waals surface area (Å²) in [5, 5.41) is 5.73. The summed E-state index contributed by atoms with van der Waals surface area (Å²) in [5.74, 6) is -0.210. The van der Waals surface area contributed by atoms with Gasteiger partial charge in [-0.05, 0) is 68.1 Å². The molecule has 0 aromatic heterocycles. The molecule has 2 heterocycles. The first-order valence-electron chi connectivity index (χ1n) is 9.54. The summed E-state index contributed by atoms with van der Waals surface area (Å²) in [6.07, 6.45) is 3.80. The molecular weight excluding hydrogens is 390 g/mol. The SMILES string of the molecule is CC1Sc2ccc(C(=O)Nc3cccc(SN4CCCCC4)c3)cc2NC1=O. The van der Waals surface area contributed by atoms with Crippen molar-refractivity contribution in [1.29, 1.82) is 0 Å². The van der Waals surface area contributed by atoms with Crippen molar-refractivity contribution in [2.75, 3.05) is 23.7 Å². The van der Waals surface area contributed by atoms with E-state index in [-0.39, 0.29) is 17.1 Å². The van der Waals surface area contributed by atoms with Gasteiger partial charge < -0.3 is 10.6 Å². The van der Waals surface area contributed by atoms with E-state index in [0.29, 0.717) is 11.3 Å². The zero-order chi connectivity index (χ0) is 19.5. The summed E-state index contributed by atoms with van der Waals surface area (Å²) < 4.78 is 2.38. The van der Waals surface area contributed by atoms with Crippen LogP contribution in [0.4, 0.5) is 11.4 Å². The first kappa shape index (κ1) is 19.4. The van der Waals surface area contributed by atoms with Crippen molar-refractivity contribution < 1.29 is 9.59 Å². The van der Waals surface area contributed by atoms with Gasteiger partial charge in [0.1, 0.15) is 0 Å². The smallest absolute Gasteiger partial charge is 0.255 e. The largest absolute Gasteiger partial charge is 0.324 e. The molecule has 2 aliphatic rings. The molecule has 1 fully saturated rings. The third-order valence-electron chi connectivity index (χ3n) is 4.81. The van der Waals surface area contributed by atoms with Crippen molar-refractivity contribution >= 4 is 46.9 Å². The van der Waals surface area contributed by atoms with Crippen LogP contribution in [-0.4, -0.2) is 34.5 Å². The second-order valence-electron chi connectivity index (χ2n) is 7.02. The molecule has 2 aromatic carbocycles. The maximum absolute atomic E-state index is 12.7. The molecule has 0 saturated carbocycles. The van der Waals surface area contributed by atoms with Crippen LogP contribution in [0.25, 0.3) is 0 Å². The molecule has 0 bridgehead atoms. The highest BCUT2D eigenvalue weighted by molar-refractivity contribution is 8.01. The average Bonchev–Trinajstić information content (AvgIpc) is 2.69. The standard InChI is InChI=1S/C21H23N3O2S2/c1-14-20(25)23-18-12-15(8-9-19(18)27-14)21(26)22-16-6-5-7-17(13-16)28-24-10-3-2-4-11-24/h5-9,12-14H,2-4,10-11H2,1H3,(H,22,26)(H,23,25). The molecule has 7 heteroatoms. The van der Waals surface area contributed by atoms with Crippen LogP contribution in [-0.2, 0) is 4.79 Å². The van der Waals surface area contributed by atoms with Gasteiger partial charge in [0.05, 0.1) is 10.9 Å². The molecule has 1 saturated heterocycles. The summed E-state index contributed by atoms with van der Waals surface area (Å²) >= 11 is 3.26. The Kier molecular flexibility index (Phi) is 5.94. The molecule has 1 unspecified atom stereocenters. The number of rotatable bonds is 4. The number of hydrogen-bond acceptors (Lipinski definition) is 5. The van der Waals surface area contributed by atoms with Crippen molar-refractivity contribution in [3.05, 3.63) is 48.0 Å². The zero-order valence-corrected chi connectivity index (χ0v) is 17.4. The Bertz CT molecular complexity index is 897. The van der Waals surface area contributed by atoms with Crippen LogP contribution >= 0.6 is 23.7 Å². The van der Waals surface area contributed by atoms with Crippen molar-refractivity contribution in [3.63, 3.8) is 0 Å². The predicted octanol–water partition coefficient (Wildman–Crippen LogP) is 4.86. The maximum Gasteiger partial charge on any atom is 0.255 e. The Balaban J connectivity index is 1.44. The lowest BCUT2D eigenvalue weighted by molar-refractivity contribution is -0.115. The Morgan fingerprint density at radius 1 is 1.18 bits per heavy atom. The topological polar surface area (TPSA) is 61.4 Å². The number of hydrogen-bond donors (Lipinski definition) is 2. The molecule has 2 amide bonds. The third kappa shape index (κ3) is 4.54. The number of nitrogens with one attached hydrogen (secondary N) is 2. The highest BCUT2D eigenvalue weighted by Crippen LogP contribution is 2.36. The number of carbonyl (C=O) groups excluding carboxylic acids is 2. The lowest BCUT2D eigenvalue weighted by Crippen LogP contribution is -2.26. The van der Waals surface area contributed by atoms with E-state index in [1.54, 1.807) is 24.1 Å². The minimum Gasteiger partial charge on any atom is -0.324 e. The fourth-order valence-electron chi connectivity index (χ4n) is 3.29. The average molecular weight is 414 g/mol. The van der Waals surface area contributed by atoms with Crippen molar-refractivity contribution in [2.24, 2.45) is 0 Å². The molecule has 5 nitrogen and oxygen atoms in total. The number of piperidine rings is 1. The van der Waals surface area contributed by atoms with Gasteiger partial charge in [0, 0.05) is 34.1 Å². The van der Waals surface area contributed by atoms with E-state index in [0.717, 1.165) is 28.6 Å². The number of benzene rings is 2. The lowest BCUT2D eigenvalue weighted by atomic mass is 10.1. The van der Waals surface area contributed by atoms with E-state index < -0.39 is 0 Å². The van der Waals surface area contributed by atoms with Crippen LogP contribution in [0.3, 0.4) is 0 Å². The summed E-state index contributed by atoms with van der Waals surface area (Å²) in [6.45, 7) is 4.09. The molecule has 28 heavy (non-hydrogen) atoms. The molecule has 146 valence electrons. The van der Waals surface area contributed by atoms with Gasteiger partial charge in [-0.15, -0.1) is 11.8 Å². The Morgan fingerprint density at radius 2 is 2.00 bits per heavy atom. The number of fused-ring (bicyclic) bond motifs is 1. The van der Waals surface area contributed by atoms with Crippen LogP contribution in [0, 0.1) is 0 Å². The van der Waals surface area contributed by atoms with Gasteiger partial charge in [-0.1, -0.05) is 12.5 Å². The number of nitrogens with zero attached hydrogens (tertiary/aromatic N) is 1. The monoisotopic (exact) mass is 413 g/mol. The molecule has 2 aromatic rings. The lowest BCUT2D eigenvalue weighted by Gasteiger charge is -2.25. The van der Waals surface area contributed by atoms with Crippen molar-refractivity contribution in [2.45, 2.75) is 41.2 Å². The van der Waals surface area contributed by atoms with Crippen LogP contribution in [0.5, 0.6) is 0 Å². The molecule has 4 rings (SSSR count). The normalized spacial score (nSPS) is 19.6. The molecule has 2 N–H and O–H groups in total. The predicted molar refractivity (Wildman–Crippen MR) is 116 cm³/mol. The minimum absolute atomic E-state index is 0.0301. The molecule has 0 radical (unpaired) electrons. The van der Waals surface area contributed by atoms with E-state index in [1.807, 2.05) is 31.2 Å². The van der Waals surface area contributed by atoms with Crippen LogP contribution in [0.15, 0.2) is 52.3 Å². The zero-order valence-electron chi connectivity index (χ0n) is 15.7. The summed E-state index contributed by atoms with van der Waals surface area (Å²) in [6, 6.07) is 13.4. The van der Waals surface area contributed by atoms with Gasteiger partial charge in [-0.2, -0.15) is 0 Å². The first-order valence-corrected chi connectivity index (χ1v) is 11.2. The highest BCUT2D eigenvalue weighted by atomic mass is 32.2. The third-order valence-corrected chi connectivity index (χ3v) is 7.08. The van der Waals surface area contributed by atoms with Gasteiger partial charge in [0.15, 0.2) is 0 Å². The highest BCUT2D eigenvalue weighted by Gasteiger charge is 2.23. The summed E-state index contributed by atoms with van der Waals surface area (Å²) in [4.78, 5) is 26.7. The molecular formula is C21H23N3O2S2. The second kappa shape index (κ2) is 8.59. The minimum atomic E-state index is -0.180. The number of thioether (sulfide) groups is 1. The van der Waals surface area contributed by atoms with Gasteiger partial charge in [-0.25, -0.2) is 4.31 Å². The van der Waals surface area contributed by atoms with E-state index in [4.69, 9.17) is 0 Å². The Morgan fingerprint density at radius 3 is 2.82 bits per heavy atom. The number of amides is 2. The quantitative estimate of drug-likeness (QED) is 0.701. The molecule has 2 aliphatic heterocycles. The summed E-state index contributed by atoms with van der Waals surface area (Å²) in [7, 11) is 0. The van der Waals surface area contributed by atoms with E-state index in [2.05, 4.69) is 21.0 Å². The Hall–Kier alpha value is -1.96.